The van der Waals surface area contributed by atoms with Crippen LogP contribution >= 0.6 is 15.9 Å². The van der Waals surface area contributed by atoms with Crippen LogP contribution in [0.4, 0.5) is 0 Å². The summed E-state index contributed by atoms with van der Waals surface area (Å²) in [5.41, 5.74) is 2.97. The monoisotopic (exact) mass is 226 g/mol. The molecule has 0 amide bonds. The average Bonchev–Trinajstić information content (AvgIpc) is 2.05. The van der Waals surface area contributed by atoms with Crippen molar-refractivity contribution in [3.8, 4) is 0 Å². The van der Waals surface area contributed by atoms with Crippen LogP contribution in [0.1, 0.15) is 31.4 Å². The lowest BCUT2D eigenvalue weighted by molar-refractivity contribution is 0.897. The van der Waals surface area contributed by atoms with Gasteiger partial charge in [-0.05, 0) is 30.0 Å². The van der Waals surface area contributed by atoms with Crippen LogP contribution in [0.3, 0.4) is 0 Å². The van der Waals surface area contributed by atoms with Crippen LogP contribution < -0.4 is 0 Å². The van der Waals surface area contributed by atoms with E-state index >= 15 is 0 Å². The van der Waals surface area contributed by atoms with Crippen LogP contribution in [0.25, 0.3) is 0 Å². The Morgan fingerprint density at radius 3 is 2.58 bits per heavy atom. The molecule has 0 atom stereocenters. The SMILES string of the molecule is CCCc1cccc(Br)c1CC. The molecule has 0 aliphatic rings. The van der Waals surface area contributed by atoms with Crippen molar-refractivity contribution >= 4 is 15.9 Å². The summed E-state index contributed by atoms with van der Waals surface area (Å²) in [7, 11) is 0. The molecule has 12 heavy (non-hydrogen) atoms. The Morgan fingerprint density at radius 1 is 1.25 bits per heavy atom. The number of benzene rings is 1. The van der Waals surface area contributed by atoms with Gasteiger partial charge in [0.25, 0.3) is 0 Å². The third-order valence-electron chi connectivity index (χ3n) is 2.09. The Morgan fingerprint density at radius 2 is 2.00 bits per heavy atom. The van der Waals surface area contributed by atoms with E-state index in [0.717, 1.165) is 6.42 Å². The summed E-state index contributed by atoms with van der Waals surface area (Å²) in [6.45, 7) is 4.43. The lowest BCUT2D eigenvalue weighted by Gasteiger charge is -2.08. The first-order valence-electron chi connectivity index (χ1n) is 4.55. The van der Waals surface area contributed by atoms with Crippen LogP contribution in [-0.2, 0) is 12.8 Å². The largest absolute Gasteiger partial charge is 0.0651 e. The number of aryl methyl sites for hydroxylation is 1. The van der Waals surface area contributed by atoms with Crippen molar-refractivity contribution < 1.29 is 0 Å². The summed E-state index contributed by atoms with van der Waals surface area (Å²) >= 11 is 3.58. The van der Waals surface area contributed by atoms with E-state index in [1.807, 2.05) is 0 Å². The molecule has 0 heterocycles. The molecule has 0 radical (unpaired) electrons. The Labute approximate surface area is 83.1 Å². The van der Waals surface area contributed by atoms with Gasteiger partial charge in [-0.25, -0.2) is 0 Å². The van der Waals surface area contributed by atoms with Crippen LogP contribution in [0.2, 0.25) is 0 Å². The fraction of sp³-hybridized carbons (Fsp3) is 0.455. The standard InChI is InChI=1S/C11H15Br/c1-3-6-9-7-5-8-11(12)10(9)4-2/h5,7-8H,3-4,6H2,1-2H3. The number of rotatable bonds is 3. The van der Waals surface area contributed by atoms with Gasteiger partial charge in [0, 0.05) is 4.47 Å². The first-order chi connectivity index (χ1) is 5.79. The first kappa shape index (κ1) is 9.79. The van der Waals surface area contributed by atoms with E-state index in [4.69, 9.17) is 0 Å². The van der Waals surface area contributed by atoms with Crippen molar-refractivity contribution in [2.24, 2.45) is 0 Å². The zero-order valence-corrected chi connectivity index (χ0v) is 9.32. The maximum Gasteiger partial charge on any atom is 0.0209 e. The molecule has 1 aromatic rings. The predicted octanol–water partition coefficient (Wildman–Crippen LogP) is 3.96. The average molecular weight is 227 g/mol. The number of hydrogen-bond donors (Lipinski definition) is 0. The molecule has 0 spiro atoms. The molecule has 0 bridgehead atoms. The first-order valence-corrected chi connectivity index (χ1v) is 5.35. The quantitative estimate of drug-likeness (QED) is 0.733. The second-order valence-corrected chi connectivity index (χ2v) is 3.84. The molecule has 0 N–H and O–H groups in total. The molecule has 66 valence electrons. The van der Waals surface area contributed by atoms with Gasteiger partial charge in [-0.3, -0.25) is 0 Å². The molecular weight excluding hydrogens is 212 g/mol. The summed E-state index contributed by atoms with van der Waals surface area (Å²) in [4.78, 5) is 0. The fourth-order valence-electron chi connectivity index (χ4n) is 1.50. The Balaban J connectivity index is 3.00. The normalized spacial score (nSPS) is 10.2. The van der Waals surface area contributed by atoms with E-state index in [0.29, 0.717) is 0 Å². The lowest BCUT2D eigenvalue weighted by Crippen LogP contribution is -1.92. The van der Waals surface area contributed by atoms with Gasteiger partial charge in [0.2, 0.25) is 0 Å². The van der Waals surface area contributed by atoms with Gasteiger partial charge >= 0.3 is 0 Å². The highest BCUT2D eigenvalue weighted by Gasteiger charge is 2.02. The van der Waals surface area contributed by atoms with Crippen molar-refractivity contribution in [2.45, 2.75) is 33.1 Å². The smallest absolute Gasteiger partial charge is 0.0209 e. The second kappa shape index (κ2) is 4.66. The van der Waals surface area contributed by atoms with Gasteiger partial charge in [-0.15, -0.1) is 0 Å². The third-order valence-corrected chi connectivity index (χ3v) is 2.83. The highest BCUT2D eigenvalue weighted by molar-refractivity contribution is 9.10. The van der Waals surface area contributed by atoms with Gasteiger partial charge < -0.3 is 0 Å². The maximum absolute atomic E-state index is 3.58. The van der Waals surface area contributed by atoms with E-state index in [2.05, 4.69) is 48.0 Å². The Hall–Kier alpha value is -0.300. The molecule has 0 saturated heterocycles. The van der Waals surface area contributed by atoms with E-state index in [1.54, 1.807) is 0 Å². The fourth-order valence-corrected chi connectivity index (χ4v) is 2.19. The third kappa shape index (κ3) is 2.10. The minimum atomic E-state index is 1.12. The summed E-state index contributed by atoms with van der Waals surface area (Å²) in [6, 6.07) is 6.47. The Kier molecular flexibility index (Phi) is 3.80. The summed E-state index contributed by atoms with van der Waals surface area (Å²) in [5, 5.41) is 0. The predicted molar refractivity (Wildman–Crippen MR) is 57.5 cm³/mol. The van der Waals surface area contributed by atoms with Crippen molar-refractivity contribution in [1.29, 1.82) is 0 Å². The maximum atomic E-state index is 3.58. The molecule has 0 saturated carbocycles. The molecule has 0 nitrogen and oxygen atoms in total. The lowest BCUT2D eigenvalue weighted by atomic mass is 10.0. The molecule has 0 fully saturated rings. The highest BCUT2D eigenvalue weighted by Crippen LogP contribution is 2.22. The van der Waals surface area contributed by atoms with Crippen LogP contribution in [0.15, 0.2) is 22.7 Å². The van der Waals surface area contributed by atoms with Crippen LogP contribution in [-0.4, -0.2) is 0 Å². The number of halogens is 1. The van der Waals surface area contributed by atoms with Crippen LogP contribution in [0, 0.1) is 0 Å². The molecule has 1 rings (SSSR count). The molecule has 1 heteroatoms. The zero-order valence-electron chi connectivity index (χ0n) is 7.73. The van der Waals surface area contributed by atoms with E-state index in [1.165, 1.54) is 28.4 Å². The molecule has 0 aromatic heterocycles. The summed E-state index contributed by atoms with van der Waals surface area (Å²) in [6.07, 6.45) is 3.54. The Bertz CT molecular complexity index is 253. The molecule has 1 aromatic carbocycles. The van der Waals surface area contributed by atoms with Gasteiger partial charge in [-0.2, -0.15) is 0 Å². The van der Waals surface area contributed by atoms with E-state index < -0.39 is 0 Å². The molecule has 0 aliphatic heterocycles. The molecule has 0 unspecified atom stereocenters. The van der Waals surface area contributed by atoms with Crippen molar-refractivity contribution in [2.75, 3.05) is 0 Å². The van der Waals surface area contributed by atoms with Crippen molar-refractivity contribution in [1.82, 2.24) is 0 Å². The highest BCUT2D eigenvalue weighted by atomic mass is 79.9. The van der Waals surface area contributed by atoms with E-state index in [-0.39, 0.29) is 0 Å². The topological polar surface area (TPSA) is 0 Å². The minimum absolute atomic E-state index is 1.12. The van der Waals surface area contributed by atoms with Crippen LogP contribution in [0.5, 0.6) is 0 Å². The summed E-state index contributed by atoms with van der Waals surface area (Å²) in [5.74, 6) is 0. The molecular formula is C11H15Br. The van der Waals surface area contributed by atoms with Crippen molar-refractivity contribution in [3.63, 3.8) is 0 Å². The summed E-state index contributed by atoms with van der Waals surface area (Å²) < 4.78 is 1.26. The second-order valence-electron chi connectivity index (χ2n) is 2.98. The van der Waals surface area contributed by atoms with E-state index in [9.17, 15) is 0 Å². The van der Waals surface area contributed by atoms with Gasteiger partial charge in [0.15, 0.2) is 0 Å². The minimum Gasteiger partial charge on any atom is -0.0651 e. The van der Waals surface area contributed by atoms with Gasteiger partial charge in [0.05, 0.1) is 0 Å². The van der Waals surface area contributed by atoms with Gasteiger partial charge in [-0.1, -0.05) is 48.3 Å². The van der Waals surface area contributed by atoms with Crippen molar-refractivity contribution in [3.05, 3.63) is 33.8 Å². The molecule has 0 aliphatic carbocycles. The number of hydrogen-bond acceptors (Lipinski definition) is 0. The zero-order chi connectivity index (χ0) is 8.97. The van der Waals surface area contributed by atoms with Gasteiger partial charge in [0.1, 0.15) is 0 Å².